The normalized spacial score (nSPS) is 19.3. The Balaban J connectivity index is 1.77. The molecule has 1 fully saturated rings. The van der Waals surface area contributed by atoms with Crippen LogP contribution < -0.4 is 10.6 Å². The van der Waals surface area contributed by atoms with Crippen molar-refractivity contribution in [3.05, 3.63) is 36.2 Å². The van der Waals surface area contributed by atoms with Gasteiger partial charge in [-0.2, -0.15) is 0 Å². The Kier molecular flexibility index (Phi) is 3.37. The van der Waals surface area contributed by atoms with Crippen molar-refractivity contribution in [3.8, 4) is 0 Å². The van der Waals surface area contributed by atoms with Gasteiger partial charge in [0.05, 0.1) is 11.0 Å². The maximum atomic E-state index is 12.2. The number of hydrogen-bond donors (Lipinski definition) is 2. The van der Waals surface area contributed by atoms with E-state index < -0.39 is 0 Å². The van der Waals surface area contributed by atoms with Gasteiger partial charge in [-0.15, -0.1) is 0 Å². The van der Waals surface area contributed by atoms with Crippen LogP contribution in [0.1, 0.15) is 23.2 Å². The highest BCUT2D eigenvalue weighted by molar-refractivity contribution is 5.97. The SMILES string of the molecule is O=C(N[C@H]1CCCNC1)c1ccc2nccnc2c1. The number of nitrogens with one attached hydrogen (secondary N) is 2. The van der Waals surface area contributed by atoms with E-state index in [1.165, 1.54) is 0 Å². The summed E-state index contributed by atoms with van der Waals surface area (Å²) in [6.45, 7) is 1.89. The smallest absolute Gasteiger partial charge is 0.251 e. The van der Waals surface area contributed by atoms with E-state index in [0.717, 1.165) is 37.0 Å². The Morgan fingerprint density at radius 2 is 2.11 bits per heavy atom. The van der Waals surface area contributed by atoms with Crippen LogP contribution in [0.4, 0.5) is 0 Å². The highest BCUT2D eigenvalue weighted by Gasteiger charge is 2.16. The Bertz CT molecular complexity index is 593. The Morgan fingerprint density at radius 3 is 2.89 bits per heavy atom. The van der Waals surface area contributed by atoms with Gasteiger partial charge in [0.1, 0.15) is 0 Å². The average molecular weight is 256 g/mol. The lowest BCUT2D eigenvalue weighted by molar-refractivity contribution is 0.0931. The molecule has 0 aliphatic carbocycles. The van der Waals surface area contributed by atoms with Gasteiger partial charge in [-0.25, -0.2) is 0 Å². The minimum atomic E-state index is -0.0405. The Labute approximate surface area is 111 Å². The van der Waals surface area contributed by atoms with E-state index >= 15 is 0 Å². The molecule has 0 bridgehead atoms. The second-order valence-corrected chi connectivity index (χ2v) is 4.78. The lowest BCUT2D eigenvalue weighted by atomic mass is 10.1. The van der Waals surface area contributed by atoms with E-state index in [1.807, 2.05) is 6.07 Å². The molecule has 1 aromatic carbocycles. The molecule has 0 spiro atoms. The van der Waals surface area contributed by atoms with Crippen molar-refractivity contribution in [3.63, 3.8) is 0 Å². The topological polar surface area (TPSA) is 66.9 Å². The zero-order chi connectivity index (χ0) is 13.1. The van der Waals surface area contributed by atoms with Gasteiger partial charge < -0.3 is 10.6 Å². The zero-order valence-corrected chi connectivity index (χ0v) is 10.6. The van der Waals surface area contributed by atoms with E-state index in [9.17, 15) is 4.79 Å². The molecule has 2 N–H and O–H groups in total. The number of amides is 1. The second kappa shape index (κ2) is 5.32. The molecule has 1 aromatic heterocycles. The van der Waals surface area contributed by atoms with E-state index in [2.05, 4.69) is 20.6 Å². The van der Waals surface area contributed by atoms with Crippen LogP contribution in [-0.2, 0) is 0 Å². The van der Waals surface area contributed by atoms with Crippen LogP contribution in [0.5, 0.6) is 0 Å². The van der Waals surface area contributed by atoms with Crippen LogP contribution in [0.25, 0.3) is 11.0 Å². The van der Waals surface area contributed by atoms with Gasteiger partial charge in [0.15, 0.2) is 0 Å². The molecule has 98 valence electrons. The molecule has 0 unspecified atom stereocenters. The number of rotatable bonds is 2. The van der Waals surface area contributed by atoms with E-state index in [4.69, 9.17) is 0 Å². The molecule has 1 atom stereocenters. The summed E-state index contributed by atoms with van der Waals surface area (Å²) in [7, 11) is 0. The third-order valence-electron chi connectivity index (χ3n) is 3.36. The monoisotopic (exact) mass is 256 g/mol. The molecule has 19 heavy (non-hydrogen) atoms. The lowest BCUT2D eigenvalue weighted by Gasteiger charge is -2.23. The molecule has 5 heteroatoms. The predicted molar refractivity (Wildman–Crippen MR) is 72.9 cm³/mol. The highest BCUT2D eigenvalue weighted by Crippen LogP contribution is 2.11. The van der Waals surface area contributed by atoms with Crippen molar-refractivity contribution in [1.82, 2.24) is 20.6 Å². The molecule has 0 radical (unpaired) electrons. The first-order valence-corrected chi connectivity index (χ1v) is 6.55. The van der Waals surface area contributed by atoms with Crippen molar-refractivity contribution < 1.29 is 4.79 Å². The first kappa shape index (κ1) is 12.0. The lowest BCUT2D eigenvalue weighted by Crippen LogP contribution is -2.45. The first-order valence-electron chi connectivity index (χ1n) is 6.55. The third-order valence-corrected chi connectivity index (χ3v) is 3.36. The number of fused-ring (bicyclic) bond motifs is 1. The maximum absolute atomic E-state index is 12.2. The molecule has 1 saturated heterocycles. The van der Waals surface area contributed by atoms with Gasteiger partial charge in [0.25, 0.3) is 5.91 Å². The van der Waals surface area contributed by atoms with Crippen molar-refractivity contribution in [1.29, 1.82) is 0 Å². The number of carbonyl (C=O) groups excluding carboxylic acids is 1. The van der Waals surface area contributed by atoms with E-state index in [0.29, 0.717) is 5.56 Å². The number of benzene rings is 1. The summed E-state index contributed by atoms with van der Waals surface area (Å²) in [5.41, 5.74) is 2.19. The van der Waals surface area contributed by atoms with Gasteiger partial charge >= 0.3 is 0 Å². The molecule has 2 heterocycles. The summed E-state index contributed by atoms with van der Waals surface area (Å²) >= 11 is 0. The average Bonchev–Trinajstić information content (AvgIpc) is 2.48. The summed E-state index contributed by atoms with van der Waals surface area (Å²) in [5.74, 6) is -0.0405. The van der Waals surface area contributed by atoms with Crippen LogP contribution in [0.2, 0.25) is 0 Å². The molecule has 1 aliphatic rings. The molecule has 0 saturated carbocycles. The van der Waals surface area contributed by atoms with Crippen LogP contribution in [0.15, 0.2) is 30.6 Å². The quantitative estimate of drug-likeness (QED) is 0.844. The van der Waals surface area contributed by atoms with Gasteiger partial charge in [0.2, 0.25) is 0 Å². The molecular weight excluding hydrogens is 240 g/mol. The van der Waals surface area contributed by atoms with Crippen molar-refractivity contribution >= 4 is 16.9 Å². The fourth-order valence-corrected chi connectivity index (χ4v) is 2.35. The number of piperidine rings is 1. The van der Waals surface area contributed by atoms with Crippen LogP contribution >= 0.6 is 0 Å². The summed E-state index contributed by atoms with van der Waals surface area (Å²) < 4.78 is 0. The number of carbonyl (C=O) groups is 1. The minimum Gasteiger partial charge on any atom is -0.348 e. The minimum absolute atomic E-state index is 0.0405. The molecular formula is C14H16N4O. The molecule has 2 aromatic rings. The van der Waals surface area contributed by atoms with Crippen LogP contribution in [-0.4, -0.2) is 35.0 Å². The van der Waals surface area contributed by atoms with Gasteiger partial charge in [-0.05, 0) is 37.6 Å². The molecule has 1 aliphatic heterocycles. The number of aromatic nitrogens is 2. The van der Waals surface area contributed by atoms with Crippen LogP contribution in [0, 0.1) is 0 Å². The van der Waals surface area contributed by atoms with Gasteiger partial charge in [0, 0.05) is 30.5 Å². The standard InChI is InChI=1S/C14H16N4O/c19-14(18-11-2-1-5-15-9-11)10-3-4-12-13(8-10)17-7-6-16-12/h3-4,6-8,11,15H,1-2,5,9H2,(H,18,19)/t11-/m0/s1. The van der Waals surface area contributed by atoms with Crippen molar-refractivity contribution in [2.45, 2.75) is 18.9 Å². The number of hydrogen-bond acceptors (Lipinski definition) is 4. The summed E-state index contributed by atoms with van der Waals surface area (Å²) in [5, 5.41) is 6.33. The number of nitrogens with zero attached hydrogens (tertiary/aromatic N) is 2. The van der Waals surface area contributed by atoms with Crippen LogP contribution in [0.3, 0.4) is 0 Å². The summed E-state index contributed by atoms with van der Waals surface area (Å²) in [4.78, 5) is 20.6. The third kappa shape index (κ3) is 2.71. The van der Waals surface area contributed by atoms with E-state index in [-0.39, 0.29) is 11.9 Å². The van der Waals surface area contributed by atoms with Gasteiger partial charge in [-0.3, -0.25) is 14.8 Å². The maximum Gasteiger partial charge on any atom is 0.251 e. The first-order chi connectivity index (χ1) is 9.33. The fraction of sp³-hybridized carbons (Fsp3) is 0.357. The second-order valence-electron chi connectivity index (χ2n) is 4.78. The molecule has 3 rings (SSSR count). The van der Waals surface area contributed by atoms with Crippen molar-refractivity contribution in [2.24, 2.45) is 0 Å². The van der Waals surface area contributed by atoms with E-state index in [1.54, 1.807) is 24.5 Å². The predicted octanol–water partition coefficient (Wildman–Crippen LogP) is 1.11. The van der Waals surface area contributed by atoms with Gasteiger partial charge in [-0.1, -0.05) is 0 Å². The summed E-state index contributed by atoms with van der Waals surface area (Å²) in [6, 6.07) is 5.63. The largest absolute Gasteiger partial charge is 0.348 e. The highest BCUT2D eigenvalue weighted by atomic mass is 16.1. The Morgan fingerprint density at radius 1 is 1.26 bits per heavy atom. The Hall–Kier alpha value is -2.01. The molecule has 1 amide bonds. The zero-order valence-electron chi connectivity index (χ0n) is 10.6. The summed E-state index contributed by atoms with van der Waals surface area (Å²) in [6.07, 6.45) is 5.42. The molecule has 5 nitrogen and oxygen atoms in total. The fourth-order valence-electron chi connectivity index (χ4n) is 2.35. The van der Waals surface area contributed by atoms with Crippen molar-refractivity contribution in [2.75, 3.05) is 13.1 Å².